The van der Waals surface area contributed by atoms with Crippen LogP contribution >= 0.6 is 0 Å². The summed E-state index contributed by atoms with van der Waals surface area (Å²) in [6, 6.07) is 0. The minimum Gasteiger partial charge on any atom is -0.397 e. The maximum Gasteiger partial charge on any atom is 0.123 e. The fourth-order valence-corrected chi connectivity index (χ4v) is 2.28. The van der Waals surface area contributed by atoms with Crippen molar-refractivity contribution in [3.63, 3.8) is 0 Å². The summed E-state index contributed by atoms with van der Waals surface area (Å²) in [4.78, 5) is 4.35. The van der Waals surface area contributed by atoms with Gasteiger partial charge in [-0.15, -0.1) is 0 Å². The van der Waals surface area contributed by atoms with Gasteiger partial charge in [-0.05, 0) is 56.6 Å². The normalized spacial score (nSPS) is 23.6. The minimum atomic E-state index is 0.175. The van der Waals surface area contributed by atoms with Crippen LogP contribution in [0.1, 0.15) is 39.0 Å². The van der Waals surface area contributed by atoms with Crippen molar-refractivity contribution in [2.75, 3.05) is 13.2 Å². The minimum absolute atomic E-state index is 0.175. The fourth-order valence-electron chi connectivity index (χ4n) is 2.28. The zero-order valence-corrected chi connectivity index (χ0v) is 14.3. The van der Waals surface area contributed by atoms with Gasteiger partial charge in [0.05, 0.1) is 30.3 Å². The van der Waals surface area contributed by atoms with E-state index in [9.17, 15) is 0 Å². The van der Waals surface area contributed by atoms with Crippen molar-refractivity contribution < 1.29 is 4.74 Å². The van der Waals surface area contributed by atoms with Crippen LogP contribution < -0.4 is 17.3 Å². The van der Waals surface area contributed by atoms with Gasteiger partial charge in [-0.1, -0.05) is 5.92 Å². The molecule has 1 saturated heterocycles. The predicted octanol–water partition coefficient (Wildman–Crippen LogP) is 1.43. The Morgan fingerprint density at radius 2 is 2.04 bits per heavy atom. The van der Waals surface area contributed by atoms with Gasteiger partial charge in [-0.3, -0.25) is 4.99 Å². The molecule has 0 bridgehead atoms. The molecule has 0 aromatic carbocycles. The van der Waals surface area contributed by atoms with E-state index >= 15 is 0 Å². The summed E-state index contributed by atoms with van der Waals surface area (Å²) in [7, 11) is 0. The highest BCUT2D eigenvalue weighted by Crippen LogP contribution is 2.27. The van der Waals surface area contributed by atoms with Gasteiger partial charge in [0.15, 0.2) is 0 Å². The SMILES string of the molecule is CC(/C=C(N)/C(C=NCC1CCCCO1)=N/N)=C(/N)C#CC1CC1. The second kappa shape index (κ2) is 9.14. The number of allylic oxidation sites excluding steroid dienone is 4. The van der Waals surface area contributed by atoms with Gasteiger partial charge in [0.25, 0.3) is 0 Å². The zero-order chi connectivity index (χ0) is 17.4. The second-order valence-electron chi connectivity index (χ2n) is 6.24. The van der Waals surface area contributed by atoms with Gasteiger partial charge in [0.1, 0.15) is 5.71 Å². The third-order valence-electron chi connectivity index (χ3n) is 4.02. The number of hydrazone groups is 1. The first-order chi connectivity index (χ1) is 11.6. The molecular weight excluding hydrogens is 302 g/mol. The lowest BCUT2D eigenvalue weighted by molar-refractivity contribution is 0.0226. The number of rotatable bonds is 5. The lowest BCUT2D eigenvalue weighted by Gasteiger charge is -2.20. The van der Waals surface area contributed by atoms with Crippen molar-refractivity contribution in [3.05, 3.63) is 23.0 Å². The Morgan fingerprint density at radius 3 is 2.67 bits per heavy atom. The van der Waals surface area contributed by atoms with Gasteiger partial charge >= 0.3 is 0 Å². The molecule has 6 heteroatoms. The molecule has 0 amide bonds. The summed E-state index contributed by atoms with van der Waals surface area (Å²) in [6.45, 7) is 3.27. The summed E-state index contributed by atoms with van der Waals surface area (Å²) in [5.74, 6) is 12.0. The molecule has 1 heterocycles. The van der Waals surface area contributed by atoms with Gasteiger partial charge < -0.3 is 22.0 Å². The maximum absolute atomic E-state index is 6.04. The average Bonchev–Trinajstić information content (AvgIpc) is 3.41. The molecule has 2 aliphatic rings. The van der Waals surface area contributed by atoms with Crippen molar-refractivity contribution in [3.8, 4) is 11.8 Å². The quantitative estimate of drug-likeness (QED) is 0.233. The summed E-state index contributed by atoms with van der Waals surface area (Å²) in [5, 5.41) is 3.70. The van der Waals surface area contributed by atoms with Gasteiger partial charge in [-0.2, -0.15) is 5.10 Å². The van der Waals surface area contributed by atoms with Crippen molar-refractivity contribution in [1.29, 1.82) is 0 Å². The van der Waals surface area contributed by atoms with Crippen molar-refractivity contribution in [1.82, 2.24) is 0 Å². The number of hydrogen-bond acceptors (Lipinski definition) is 6. The largest absolute Gasteiger partial charge is 0.397 e. The Labute approximate surface area is 143 Å². The van der Waals surface area contributed by atoms with Crippen LogP contribution in [0.15, 0.2) is 33.1 Å². The van der Waals surface area contributed by atoms with E-state index in [2.05, 4.69) is 21.9 Å². The molecule has 1 unspecified atom stereocenters. The number of aliphatic imine (C=N–C) groups is 1. The van der Waals surface area contributed by atoms with Crippen LogP contribution in [0, 0.1) is 17.8 Å². The number of nitrogens with two attached hydrogens (primary N) is 3. The molecule has 1 saturated carbocycles. The molecule has 1 aliphatic carbocycles. The molecule has 1 atom stereocenters. The molecule has 0 aromatic heterocycles. The summed E-state index contributed by atoms with van der Waals surface area (Å²) < 4.78 is 5.63. The second-order valence-corrected chi connectivity index (χ2v) is 6.24. The molecule has 0 radical (unpaired) electrons. The number of hydrogen-bond donors (Lipinski definition) is 3. The smallest absolute Gasteiger partial charge is 0.123 e. The van der Waals surface area contributed by atoms with E-state index in [1.165, 1.54) is 19.3 Å². The van der Waals surface area contributed by atoms with Crippen LogP contribution in [-0.4, -0.2) is 31.2 Å². The summed E-state index contributed by atoms with van der Waals surface area (Å²) in [5.41, 5.74) is 14.2. The third kappa shape index (κ3) is 6.09. The van der Waals surface area contributed by atoms with Gasteiger partial charge in [-0.25, -0.2) is 0 Å². The third-order valence-corrected chi connectivity index (χ3v) is 4.02. The van der Waals surface area contributed by atoms with Crippen LogP contribution in [0.3, 0.4) is 0 Å². The fraction of sp³-hybridized carbons (Fsp3) is 0.556. The maximum atomic E-state index is 6.04. The molecule has 0 spiro atoms. The molecule has 24 heavy (non-hydrogen) atoms. The topological polar surface area (TPSA) is 112 Å². The van der Waals surface area contributed by atoms with Gasteiger partial charge in [0, 0.05) is 12.5 Å². The first-order valence-corrected chi connectivity index (χ1v) is 8.45. The summed E-state index contributed by atoms with van der Waals surface area (Å²) in [6.07, 6.45) is 9.18. The first kappa shape index (κ1) is 18.1. The van der Waals surface area contributed by atoms with Gasteiger partial charge in [0.2, 0.25) is 0 Å². The lowest BCUT2D eigenvalue weighted by atomic mass is 10.1. The molecule has 6 N–H and O–H groups in total. The van der Waals surface area contributed by atoms with E-state index < -0.39 is 0 Å². The van der Waals surface area contributed by atoms with E-state index in [-0.39, 0.29) is 6.10 Å². The van der Waals surface area contributed by atoms with E-state index in [0.717, 1.165) is 25.0 Å². The van der Waals surface area contributed by atoms with Crippen LogP contribution in [0.5, 0.6) is 0 Å². The highest BCUT2D eigenvalue weighted by molar-refractivity contribution is 6.37. The predicted molar refractivity (Wildman–Crippen MR) is 98.2 cm³/mol. The Morgan fingerprint density at radius 1 is 1.25 bits per heavy atom. The van der Waals surface area contributed by atoms with E-state index in [4.69, 9.17) is 22.0 Å². The van der Waals surface area contributed by atoms with Crippen LogP contribution in [0.2, 0.25) is 0 Å². The van der Waals surface area contributed by atoms with Crippen LogP contribution in [0.25, 0.3) is 0 Å². The highest BCUT2D eigenvalue weighted by Gasteiger charge is 2.17. The van der Waals surface area contributed by atoms with E-state index in [0.29, 0.717) is 29.6 Å². The summed E-state index contributed by atoms with van der Waals surface area (Å²) >= 11 is 0. The number of nitrogens with zero attached hydrogens (tertiary/aromatic N) is 2. The van der Waals surface area contributed by atoms with E-state index in [1.807, 2.05) is 6.92 Å². The van der Waals surface area contributed by atoms with Crippen molar-refractivity contribution in [2.24, 2.45) is 33.3 Å². The van der Waals surface area contributed by atoms with Crippen molar-refractivity contribution in [2.45, 2.75) is 45.1 Å². The van der Waals surface area contributed by atoms with Crippen molar-refractivity contribution >= 4 is 11.9 Å². The molecule has 2 rings (SSSR count). The molecule has 0 aromatic rings. The molecular formula is C18H27N5O. The standard InChI is InChI=1S/C18H27N5O/c1-13(16(19)8-7-14-5-6-14)10-17(20)18(23-21)12-22-11-15-4-2-3-9-24-15/h10,12,14-15H,2-6,9,11,19-21H2,1H3/b16-13-,17-10-,22-12?,23-18+. The molecule has 1 aliphatic heterocycles. The molecule has 2 fully saturated rings. The number of ether oxygens (including phenoxy) is 1. The Kier molecular flexibility index (Phi) is 6.89. The Balaban J connectivity index is 1.95. The Bertz CT molecular complexity index is 611. The highest BCUT2D eigenvalue weighted by atomic mass is 16.5. The van der Waals surface area contributed by atoms with Crippen LogP contribution in [-0.2, 0) is 4.74 Å². The van der Waals surface area contributed by atoms with E-state index in [1.54, 1.807) is 12.3 Å². The monoisotopic (exact) mass is 329 g/mol. The zero-order valence-electron chi connectivity index (χ0n) is 14.3. The first-order valence-electron chi connectivity index (χ1n) is 8.45. The Hall–Kier alpha value is -2.26. The average molecular weight is 329 g/mol. The lowest BCUT2D eigenvalue weighted by Crippen LogP contribution is -2.23. The molecule has 130 valence electrons. The molecule has 6 nitrogen and oxygen atoms in total. The van der Waals surface area contributed by atoms with Crippen LogP contribution in [0.4, 0.5) is 0 Å².